The van der Waals surface area contributed by atoms with Gasteiger partial charge < -0.3 is 21.1 Å². The van der Waals surface area contributed by atoms with E-state index >= 15 is 0 Å². The zero-order valence-corrected chi connectivity index (χ0v) is 17.9. The molecule has 0 bridgehead atoms. The Kier molecular flexibility index (Phi) is 6.09. The third kappa shape index (κ3) is 4.73. The number of carbonyl (C=O) groups excluding carboxylic acids is 1. The maximum Gasteiger partial charge on any atom is 0.259 e. The molecule has 32 heavy (non-hydrogen) atoms. The zero-order valence-electron chi connectivity index (χ0n) is 17.1. The Hall–Kier alpha value is -3.84. The Morgan fingerprint density at radius 1 is 1.12 bits per heavy atom. The van der Waals surface area contributed by atoms with Gasteiger partial charge in [-0.05, 0) is 59.7 Å². The van der Waals surface area contributed by atoms with Crippen LogP contribution in [0.4, 0.5) is 10.1 Å². The maximum absolute atomic E-state index is 13.2. The first-order valence-corrected chi connectivity index (χ1v) is 10.1. The van der Waals surface area contributed by atoms with E-state index in [9.17, 15) is 9.18 Å². The van der Waals surface area contributed by atoms with Crippen LogP contribution in [0.5, 0.6) is 5.75 Å². The van der Waals surface area contributed by atoms with Gasteiger partial charge in [-0.15, -0.1) is 0 Å². The van der Waals surface area contributed by atoms with Gasteiger partial charge in [-0.1, -0.05) is 35.9 Å². The highest BCUT2D eigenvalue weighted by Crippen LogP contribution is 2.28. The van der Waals surface area contributed by atoms with Crippen LogP contribution in [0.25, 0.3) is 5.70 Å². The molecule has 0 radical (unpaired) electrons. The number of hydrogen-bond acceptors (Lipinski definition) is 5. The molecule has 0 saturated heterocycles. The molecular weight excluding hydrogens is 431 g/mol. The van der Waals surface area contributed by atoms with Gasteiger partial charge in [0.25, 0.3) is 5.91 Å². The lowest BCUT2D eigenvalue weighted by Crippen LogP contribution is -2.33. The van der Waals surface area contributed by atoms with E-state index in [4.69, 9.17) is 22.1 Å². The molecule has 0 saturated carbocycles. The van der Waals surface area contributed by atoms with Crippen molar-refractivity contribution in [3.63, 3.8) is 0 Å². The lowest BCUT2D eigenvalue weighted by Gasteiger charge is -2.21. The molecule has 3 aromatic rings. The molecule has 162 valence electrons. The first-order valence-electron chi connectivity index (χ1n) is 9.76. The summed E-state index contributed by atoms with van der Waals surface area (Å²) >= 11 is 6.02. The number of anilines is 1. The van der Waals surface area contributed by atoms with Crippen LogP contribution in [-0.4, -0.2) is 19.0 Å². The highest BCUT2D eigenvalue weighted by atomic mass is 35.5. The van der Waals surface area contributed by atoms with E-state index in [-0.39, 0.29) is 23.7 Å². The first-order chi connectivity index (χ1) is 15.4. The highest BCUT2D eigenvalue weighted by molar-refractivity contribution is 6.31. The molecule has 0 aliphatic carbocycles. The standard InChI is InChI=1S/C24H20ClFN4O2/c1-32-22-11-6-16(25)12-19(22)23(31)28-18-9-4-15(5-10-18)21-13-20(29-24(27)30-21)14-2-7-17(26)8-3-14/h2-13,20H,1H3,(H,28,31)(H3,27,29,30). The zero-order chi connectivity index (χ0) is 22.7. The summed E-state index contributed by atoms with van der Waals surface area (Å²) in [6.45, 7) is 0. The highest BCUT2D eigenvalue weighted by Gasteiger charge is 2.17. The summed E-state index contributed by atoms with van der Waals surface area (Å²) in [4.78, 5) is 17.0. The number of hydrogen-bond donors (Lipinski definition) is 3. The van der Waals surface area contributed by atoms with Gasteiger partial charge in [0.2, 0.25) is 0 Å². The summed E-state index contributed by atoms with van der Waals surface area (Å²) in [6, 6.07) is 17.9. The van der Waals surface area contributed by atoms with Crippen molar-refractivity contribution in [2.45, 2.75) is 6.04 Å². The molecule has 1 atom stereocenters. The molecule has 0 fully saturated rings. The van der Waals surface area contributed by atoms with Gasteiger partial charge in [0.05, 0.1) is 18.7 Å². The summed E-state index contributed by atoms with van der Waals surface area (Å²) in [7, 11) is 1.49. The Morgan fingerprint density at radius 2 is 1.84 bits per heavy atom. The van der Waals surface area contributed by atoms with Crippen molar-refractivity contribution in [2.75, 3.05) is 12.4 Å². The van der Waals surface area contributed by atoms with Gasteiger partial charge in [0.15, 0.2) is 5.96 Å². The van der Waals surface area contributed by atoms with Crippen molar-refractivity contribution in [1.29, 1.82) is 0 Å². The second kappa shape index (κ2) is 9.11. The summed E-state index contributed by atoms with van der Waals surface area (Å²) in [5.74, 6) is 0.0562. The minimum atomic E-state index is -0.333. The third-order valence-corrected chi connectivity index (χ3v) is 5.17. The summed E-state index contributed by atoms with van der Waals surface area (Å²) in [5, 5.41) is 6.33. The van der Waals surface area contributed by atoms with Gasteiger partial charge in [-0.2, -0.15) is 0 Å². The van der Waals surface area contributed by atoms with Crippen LogP contribution in [0.15, 0.2) is 77.8 Å². The Bertz CT molecular complexity index is 1210. The van der Waals surface area contributed by atoms with Crippen LogP contribution in [0, 0.1) is 5.82 Å². The number of carbonyl (C=O) groups is 1. The van der Waals surface area contributed by atoms with Crippen LogP contribution < -0.4 is 21.1 Å². The molecule has 1 unspecified atom stereocenters. The fraction of sp³-hybridized carbons (Fsp3) is 0.0833. The normalized spacial score (nSPS) is 15.3. The minimum absolute atomic E-state index is 0.266. The van der Waals surface area contributed by atoms with Crippen molar-refractivity contribution < 1.29 is 13.9 Å². The molecule has 1 aliphatic rings. The molecule has 4 N–H and O–H groups in total. The lowest BCUT2D eigenvalue weighted by molar-refractivity contribution is 0.102. The van der Waals surface area contributed by atoms with E-state index in [1.807, 2.05) is 18.2 Å². The average molecular weight is 451 g/mol. The summed E-state index contributed by atoms with van der Waals surface area (Å²) in [5.41, 5.74) is 9.36. The van der Waals surface area contributed by atoms with Crippen LogP contribution in [0.3, 0.4) is 0 Å². The molecule has 6 nitrogen and oxygen atoms in total. The van der Waals surface area contributed by atoms with Gasteiger partial charge in [-0.25, -0.2) is 9.38 Å². The molecule has 0 aromatic heterocycles. The maximum atomic E-state index is 13.2. The summed E-state index contributed by atoms with van der Waals surface area (Å²) < 4.78 is 18.5. The molecule has 4 rings (SSSR count). The third-order valence-electron chi connectivity index (χ3n) is 4.94. The number of aliphatic imine (C=N–C) groups is 1. The van der Waals surface area contributed by atoms with Crippen molar-refractivity contribution in [3.8, 4) is 5.75 Å². The second-order valence-electron chi connectivity index (χ2n) is 7.09. The van der Waals surface area contributed by atoms with E-state index in [2.05, 4.69) is 15.6 Å². The number of ether oxygens (including phenoxy) is 1. The summed E-state index contributed by atoms with van der Waals surface area (Å²) in [6.07, 6.45) is 1.91. The van der Waals surface area contributed by atoms with Crippen molar-refractivity contribution in [1.82, 2.24) is 5.32 Å². The van der Waals surface area contributed by atoms with E-state index in [1.54, 1.807) is 42.5 Å². The van der Waals surface area contributed by atoms with E-state index in [0.717, 1.165) is 16.8 Å². The number of methoxy groups -OCH3 is 1. The average Bonchev–Trinajstić information content (AvgIpc) is 2.79. The van der Waals surface area contributed by atoms with Gasteiger partial charge in [0.1, 0.15) is 11.6 Å². The Morgan fingerprint density at radius 3 is 2.53 bits per heavy atom. The lowest BCUT2D eigenvalue weighted by atomic mass is 10.0. The number of amides is 1. The monoisotopic (exact) mass is 450 g/mol. The predicted molar refractivity (Wildman–Crippen MR) is 124 cm³/mol. The molecule has 0 spiro atoms. The number of nitrogens with one attached hydrogen (secondary N) is 2. The Labute approximate surface area is 189 Å². The van der Waals surface area contributed by atoms with Crippen molar-refractivity contribution in [3.05, 3.63) is 100 Å². The Balaban J connectivity index is 1.53. The number of halogens is 2. The largest absolute Gasteiger partial charge is 0.496 e. The van der Waals surface area contributed by atoms with Crippen molar-refractivity contribution in [2.24, 2.45) is 10.7 Å². The number of benzene rings is 3. The number of nitrogens with zero attached hydrogens (tertiary/aromatic N) is 1. The number of guanidine groups is 1. The number of rotatable bonds is 5. The van der Waals surface area contributed by atoms with Gasteiger partial charge >= 0.3 is 0 Å². The van der Waals surface area contributed by atoms with Crippen LogP contribution >= 0.6 is 11.6 Å². The van der Waals surface area contributed by atoms with Crippen LogP contribution in [0.1, 0.15) is 27.5 Å². The van der Waals surface area contributed by atoms with Crippen molar-refractivity contribution >= 4 is 34.9 Å². The smallest absolute Gasteiger partial charge is 0.259 e. The molecular formula is C24H20ClFN4O2. The SMILES string of the molecule is COc1ccc(Cl)cc1C(=O)Nc1ccc(C2=CC(c3ccc(F)cc3)N=C(N)N2)cc1. The molecule has 8 heteroatoms. The minimum Gasteiger partial charge on any atom is -0.496 e. The first kappa shape index (κ1) is 21.4. The van der Waals surface area contributed by atoms with E-state index < -0.39 is 0 Å². The van der Waals surface area contributed by atoms with Crippen LogP contribution in [-0.2, 0) is 0 Å². The second-order valence-corrected chi connectivity index (χ2v) is 7.53. The molecule has 1 aliphatic heterocycles. The molecule has 1 amide bonds. The topological polar surface area (TPSA) is 88.7 Å². The van der Waals surface area contributed by atoms with Crippen LogP contribution in [0.2, 0.25) is 5.02 Å². The van der Waals surface area contributed by atoms with E-state index in [1.165, 1.54) is 19.2 Å². The fourth-order valence-corrected chi connectivity index (χ4v) is 3.52. The molecule has 3 aromatic carbocycles. The quantitative estimate of drug-likeness (QED) is 0.523. The predicted octanol–water partition coefficient (Wildman–Crippen LogP) is 4.74. The number of nitrogens with two attached hydrogens (primary N) is 1. The van der Waals surface area contributed by atoms with Gasteiger partial charge in [0, 0.05) is 16.4 Å². The van der Waals surface area contributed by atoms with Gasteiger partial charge in [-0.3, -0.25) is 4.79 Å². The fourth-order valence-electron chi connectivity index (χ4n) is 3.35. The van der Waals surface area contributed by atoms with E-state index in [0.29, 0.717) is 22.0 Å². The molecule has 1 heterocycles.